The van der Waals surface area contributed by atoms with Gasteiger partial charge in [0.2, 0.25) is 0 Å². The van der Waals surface area contributed by atoms with Gasteiger partial charge in [-0.15, -0.1) is 0 Å². The zero-order valence-corrected chi connectivity index (χ0v) is 13.2. The van der Waals surface area contributed by atoms with Crippen LogP contribution >= 0.6 is 0 Å². The summed E-state index contributed by atoms with van der Waals surface area (Å²) < 4.78 is 9.99. The van der Waals surface area contributed by atoms with E-state index in [2.05, 4.69) is 5.32 Å². The van der Waals surface area contributed by atoms with E-state index in [1.54, 1.807) is 0 Å². The number of primary amides is 1. The highest BCUT2D eigenvalue weighted by Crippen LogP contribution is 2.05. The molecule has 0 saturated carbocycles. The zero-order chi connectivity index (χ0) is 17.2. The fourth-order valence-corrected chi connectivity index (χ4v) is 2.16. The first-order chi connectivity index (χ1) is 11.6. The van der Waals surface area contributed by atoms with Crippen LogP contribution in [-0.2, 0) is 22.5 Å². The maximum absolute atomic E-state index is 12.0. The number of amides is 2. The summed E-state index contributed by atoms with van der Waals surface area (Å²) in [6.07, 6.45) is -0.963. The van der Waals surface area contributed by atoms with E-state index in [1.807, 2.05) is 60.7 Å². The summed E-state index contributed by atoms with van der Waals surface area (Å²) in [5.74, 6) is 0. The topological polar surface area (TPSA) is 90.7 Å². The first-order valence-corrected chi connectivity index (χ1v) is 7.57. The van der Waals surface area contributed by atoms with E-state index in [4.69, 9.17) is 15.2 Å². The Bertz CT molecular complexity index is 647. The van der Waals surface area contributed by atoms with Crippen LogP contribution < -0.4 is 11.1 Å². The number of ether oxygens (including phenoxy) is 2. The normalized spacial score (nSPS) is 11.3. The van der Waals surface area contributed by atoms with Gasteiger partial charge in [0.05, 0.1) is 6.04 Å². The third-order valence-corrected chi connectivity index (χ3v) is 3.29. The highest BCUT2D eigenvalue weighted by Gasteiger charge is 2.16. The number of benzene rings is 2. The van der Waals surface area contributed by atoms with Crippen LogP contribution in [0.4, 0.5) is 9.59 Å². The second-order valence-corrected chi connectivity index (χ2v) is 5.22. The molecule has 2 aromatic carbocycles. The summed E-state index contributed by atoms with van der Waals surface area (Å²) in [6, 6.07) is 18.5. The van der Waals surface area contributed by atoms with Crippen molar-refractivity contribution in [1.82, 2.24) is 5.32 Å². The van der Waals surface area contributed by atoms with Crippen LogP contribution in [0.2, 0.25) is 0 Å². The van der Waals surface area contributed by atoms with Gasteiger partial charge < -0.3 is 20.5 Å². The number of nitrogens with one attached hydrogen (secondary N) is 1. The molecule has 2 rings (SSSR count). The summed E-state index contributed by atoms with van der Waals surface area (Å²) in [6.45, 7) is 0.145. The quantitative estimate of drug-likeness (QED) is 0.817. The van der Waals surface area contributed by atoms with E-state index in [-0.39, 0.29) is 13.2 Å². The van der Waals surface area contributed by atoms with Crippen LogP contribution in [0.25, 0.3) is 0 Å². The average Bonchev–Trinajstić information content (AvgIpc) is 2.60. The third-order valence-electron chi connectivity index (χ3n) is 3.29. The Morgan fingerprint density at radius 2 is 1.50 bits per heavy atom. The summed E-state index contributed by atoms with van der Waals surface area (Å²) in [5.41, 5.74) is 6.88. The van der Waals surface area contributed by atoms with E-state index in [1.165, 1.54) is 0 Å². The number of alkyl carbamates (subject to hydrolysis) is 1. The molecule has 0 bridgehead atoms. The smallest absolute Gasteiger partial charge is 0.407 e. The highest BCUT2D eigenvalue weighted by atomic mass is 16.6. The minimum absolute atomic E-state index is 0.0232. The third kappa shape index (κ3) is 6.39. The maximum Gasteiger partial charge on any atom is 0.407 e. The van der Waals surface area contributed by atoms with E-state index < -0.39 is 18.2 Å². The monoisotopic (exact) mass is 328 g/mol. The van der Waals surface area contributed by atoms with Gasteiger partial charge in [-0.05, 0) is 17.5 Å². The van der Waals surface area contributed by atoms with Crippen LogP contribution in [0.3, 0.4) is 0 Å². The number of carbonyl (C=O) groups excluding carboxylic acids is 2. The SMILES string of the molecule is NC(=O)OCC(Cc1ccccc1)NC(=O)OCc1ccccc1. The molecule has 0 aliphatic rings. The lowest BCUT2D eigenvalue weighted by Gasteiger charge is -2.18. The minimum Gasteiger partial charge on any atom is -0.448 e. The molecular formula is C18H20N2O4. The molecule has 6 heteroatoms. The van der Waals surface area contributed by atoms with Gasteiger partial charge in [0.15, 0.2) is 0 Å². The molecule has 0 saturated heterocycles. The van der Waals surface area contributed by atoms with Crippen LogP contribution in [0.5, 0.6) is 0 Å². The molecule has 3 N–H and O–H groups in total. The second-order valence-electron chi connectivity index (χ2n) is 5.22. The Kier molecular flexibility index (Phi) is 6.64. The summed E-state index contributed by atoms with van der Waals surface area (Å²) in [5, 5.41) is 2.70. The first kappa shape index (κ1) is 17.3. The van der Waals surface area contributed by atoms with E-state index >= 15 is 0 Å². The largest absolute Gasteiger partial charge is 0.448 e. The van der Waals surface area contributed by atoms with Crippen LogP contribution in [-0.4, -0.2) is 24.8 Å². The standard InChI is InChI=1S/C18H20N2O4/c19-17(21)23-13-16(11-14-7-3-1-4-8-14)20-18(22)24-12-15-9-5-2-6-10-15/h1-10,16H,11-13H2,(H2,19,21)(H,20,22). The number of hydrogen-bond acceptors (Lipinski definition) is 4. The lowest BCUT2D eigenvalue weighted by molar-refractivity contribution is 0.119. The highest BCUT2D eigenvalue weighted by molar-refractivity contribution is 5.68. The van der Waals surface area contributed by atoms with Gasteiger partial charge >= 0.3 is 12.2 Å². The van der Waals surface area contributed by atoms with Gasteiger partial charge in [0.25, 0.3) is 0 Å². The fraction of sp³-hybridized carbons (Fsp3) is 0.222. The molecule has 0 spiro atoms. The molecule has 2 aromatic rings. The van der Waals surface area contributed by atoms with Crippen molar-refractivity contribution in [3.05, 3.63) is 71.8 Å². The van der Waals surface area contributed by atoms with E-state index in [0.29, 0.717) is 6.42 Å². The van der Waals surface area contributed by atoms with Crippen molar-refractivity contribution in [3.63, 3.8) is 0 Å². The van der Waals surface area contributed by atoms with Crippen molar-refractivity contribution >= 4 is 12.2 Å². The Hall–Kier alpha value is -3.02. The summed E-state index contributed by atoms with van der Waals surface area (Å²) >= 11 is 0. The van der Waals surface area contributed by atoms with Gasteiger partial charge in [-0.1, -0.05) is 60.7 Å². The fourth-order valence-electron chi connectivity index (χ4n) is 2.16. The number of carbonyl (C=O) groups is 2. The maximum atomic E-state index is 12.0. The molecule has 0 heterocycles. The Balaban J connectivity index is 1.88. The second kappa shape index (κ2) is 9.19. The average molecular weight is 328 g/mol. The molecular weight excluding hydrogens is 308 g/mol. The predicted molar refractivity (Wildman–Crippen MR) is 89.2 cm³/mol. The molecule has 2 amide bonds. The van der Waals surface area contributed by atoms with E-state index in [0.717, 1.165) is 11.1 Å². The molecule has 0 aliphatic carbocycles. The summed E-state index contributed by atoms with van der Waals surface area (Å²) in [7, 11) is 0. The van der Waals surface area contributed by atoms with Gasteiger partial charge in [-0.3, -0.25) is 0 Å². The van der Waals surface area contributed by atoms with Crippen molar-refractivity contribution in [2.24, 2.45) is 5.73 Å². The van der Waals surface area contributed by atoms with Gasteiger partial charge in [-0.2, -0.15) is 0 Å². The molecule has 1 unspecified atom stereocenters. The number of nitrogens with two attached hydrogens (primary N) is 1. The molecule has 0 aromatic heterocycles. The lowest BCUT2D eigenvalue weighted by atomic mass is 10.1. The van der Waals surface area contributed by atoms with Crippen LogP contribution in [0.1, 0.15) is 11.1 Å². The van der Waals surface area contributed by atoms with E-state index in [9.17, 15) is 9.59 Å². The van der Waals surface area contributed by atoms with Crippen LogP contribution in [0.15, 0.2) is 60.7 Å². The van der Waals surface area contributed by atoms with Crippen LogP contribution in [0, 0.1) is 0 Å². The van der Waals surface area contributed by atoms with Crippen molar-refractivity contribution in [2.45, 2.75) is 19.1 Å². The van der Waals surface area contributed by atoms with Crippen molar-refractivity contribution < 1.29 is 19.1 Å². The summed E-state index contributed by atoms with van der Waals surface area (Å²) in [4.78, 5) is 22.8. The molecule has 126 valence electrons. The Morgan fingerprint density at radius 3 is 2.08 bits per heavy atom. The molecule has 0 radical (unpaired) electrons. The Labute approximate surface area is 140 Å². The van der Waals surface area contributed by atoms with Crippen molar-refractivity contribution in [3.8, 4) is 0 Å². The molecule has 6 nitrogen and oxygen atoms in total. The van der Waals surface area contributed by atoms with Gasteiger partial charge in [-0.25, -0.2) is 9.59 Å². The van der Waals surface area contributed by atoms with Crippen molar-refractivity contribution in [1.29, 1.82) is 0 Å². The van der Waals surface area contributed by atoms with Crippen molar-refractivity contribution in [2.75, 3.05) is 6.61 Å². The first-order valence-electron chi connectivity index (χ1n) is 7.57. The number of rotatable bonds is 7. The minimum atomic E-state index is -0.882. The molecule has 24 heavy (non-hydrogen) atoms. The molecule has 0 fully saturated rings. The molecule has 0 aliphatic heterocycles. The van der Waals surface area contributed by atoms with Gasteiger partial charge in [0, 0.05) is 0 Å². The molecule has 1 atom stereocenters. The predicted octanol–water partition coefficient (Wildman–Crippen LogP) is 2.62. The Morgan fingerprint density at radius 1 is 0.917 bits per heavy atom. The number of hydrogen-bond donors (Lipinski definition) is 2. The van der Waals surface area contributed by atoms with Gasteiger partial charge in [0.1, 0.15) is 13.2 Å². The zero-order valence-electron chi connectivity index (χ0n) is 13.2. The lowest BCUT2D eigenvalue weighted by Crippen LogP contribution is -2.41.